The molecule has 3 aromatic rings. The normalized spacial score (nSPS) is 17.0. The molecule has 1 fully saturated rings. The van der Waals surface area contributed by atoms with Crippen molar-refractivity contribution in [1.82, 2.24) is 4.90 Å². The van der Waals surface area contributed by atoms with E-state index >= 15 is 0 Å². The first-order chi connectivity index (χ1) is 14.6. The van der Waals surface area contributed by atoms with Crippen molar-refractivity contribution >= 4 is 51.1 Å². The number of carbonyl (C=O) groups excluding carboxylic acids is 1. The van der Waals surface area contributed by atoms with E-state index < -0.39 is 0 Å². The summed E-state index contributed by atoms with van der Waals surface area (Å²) in [5.74, 6) is 0.518. The molecule has 0 spiro atoms. The van der Waals surface area contributed by atoms with E-state index in [1.54, 1.807) is 55.0 Å². The Morgan fingerprint density at radius 2 is 1.90 bits per heavy atom. The van der Waals surface area contributed by atoms with E-state index in [4.69, 9.17) is 4.42 Å². The monoisotopic (exact) mass is 481 g/mol. The number of furan rings is 1. The second-order valence-corrected chi connectivity index (χ2v) is 8.24. The predicted octanol–water partition coefficient (Wildman–Crippen LogP) is 5.25. The fraction of sp³-hybridized carbons (Fsp3) is 0.0455. The first-order valence-electron chi connectivity index (χ1n) is 8.98. The van der Waals surface area contributed by atoms with Gasteiger partial charge in [0.05, 0.1) is 23.9 Å². The van der Waals surface area contributed by atoms with Crippen LogP contribution in [0.4, 0.5) is 0 Å². The van der Waals surface area contributed by atoms with E-state index in [1.165, 1.54) is 16.7 Å². The number of rotatable bonds is 5. The highest BCUT2D eigenvalue weighted by Gasteiger charge is 2.34. The van der Waals surface area contributed by atoms with Crippen molar-refractivity contribution in [3.8, 4) is 5.75 Å². The molecule has 150 valence electrons. The lowest BCUT2D eigenvalue weighted by molar-refractivity contribution is -0.122. The molecular formula is C22H16BrN3O3S. The van der Waals surface area contributed by atoms with Crippen LogP contribution in [0.3, 0.4) is 0 Å². The van der Waals surface area contributed by atoms with E-state index in [1.807, 2.05) is 24.3 Å². The number of hydrogen-bond acceptors (Lipinski definition) is 6. The zero-order chi connectivity index (χ0) is 20.9. The molecule has 6 nitrogen and oxygen atoms in total. The Labute approximate surface area is 185 Å². The molecule has 1 aliphatic rings. The third kappa shape index (κ3) is 4.72. The summed E-state index contributed by atoms with van der Waals surface area (Å²) >= 11 is 4.60. The summed E-state index contributed by atoms with van der Waals surface area (Å²) in [4.78, 5) is 15.0. The maximum Gasteiger partial charge on any atom is 0.267 e. The van der Waals surface area contributed by atoms with E-state index in [-0.39, 0.29) is 18.2 Å². The van der Waals surface area contributed by atoms with Crippen LogP contribution < -0.4 is 0 Å². The van der Waals surface area contributed by atoms with Crippen molar-refractivity contribution in [3.05, 3.63) is 93.2 Å². The highest BCUT2D eigenvalue weighted by molar-refractivity contribution is 9.10. The van der Waals surface area contributed by atoms with Crippen LogP contribution in [-0.2, 0) is 11.3 Å². The summed E-state index contributed by atoms with van der Waals surface area (Å²) in [6.45, 7) is 0.240. The molecule has 1 N–H and O–H groups in total. The molecule has 0 bridgehead atoms. The number of halogens is 1. The topological polar surface area (TPSA) is 78.4 Å². The van der Waals surface area contributed by atoms with Crippen LogP contribution in [0.5, 0.6) is 5.75 Å². The quantitative estimate of drug-likeness (QED) is 0.306. The van der Waals surface area contributed by atoms with Gasteiger partial charge in [-0.15, -0.1) is 5.10 Å². The number of thioether (sulfide) groups is 1. The van der Waals surface area contributed by atoms with Gasteiger partial charge in [-0.2, -0.15) is 5.10 Å². The van der Waals surface area contributed by atoms with Gasteiger partial charge < -0.3 is 9.52 Å². The molecular weight excluding hydrogens is 466 g/mol. The smallest absolute Gasteiger partial charge is 0.267 e. The summed E-state index contributed by atoms with van der Waals surface area (Å²) in [5, 5.41) is 18.9. The van der Waals surface area contributed by atoms with Gasteiger partial charge in [-0.3, -0.25) is 9.69 Å². The molecule has 0 atom stereocenters. The lowest BCUT2D eigenvalue weighted by Gasteiger charge is -2.12. The largest absolute Gasteiger partial charge is 0.507 e. The Bertz CT molecular complexity index is 1140. The van der Waals surface area contributed by atoms with Crippen LogP contribution in [-0.4, -0.2) is 27.3 Å². The van der Waals surface area contributed by atoms with Crippen molar-refractivity contribution in [1.29, 1.82) is 0 Å². The second-order valence-electron chi connectivity index (χ2n) is 6.32. The van der Waals surface area contributed by atoms with Crippen LogP contribution >= 0.6 is 27.7 Å². The fourth-order valence-electron chi connectivity index (χ4n) is 2.72. The minimum Gasteiger partial charge on any atom is -0.507 e. The zero-order valence-corrected chi connectivity index (χ0v) is 18.0. The van der Waals surface area contributed by atoms with Crippen molar-refractivity contribution in [2.24, 2.45) is 10.2 Å². The summed E-state index contributed by atoms with van der Waals surface area (Å²) in [7, 11) is 0. The molecule has 4 rings (SSSR count). The van der Waals surface area contributed by atoms with Gasteiger partial charge in [-0.1, -0.05) is 46.3 Å². The van der Waals surface area contributed by atoms with Gasteiger partial charge >= 0.3 is 0 Å². The zero-order valence-electron chi connectivity index (χ0n) is 15.6. The molecule has 0 saturated carbocycles. The SMILES string of the molecule is O=C1/C(=C/c2ccccc2O)S/C(=N/N=C\c2ccc(Br)cc2)N1Cc1ccco1. The second kappa shape index (κ2) is 9.15. The Hall–Kier alpha value is -3.10. The molecule has 0 unspecified atom stereocenters. The van der Waals surface area contributed by atoms with E-state index in [0.29, 0.717) is 21.4 Å². The van der Waals surface area contributed by atoms with Gasteiger partial charge in [0.25, 0.3) is 5.91 Å². The molecule has 1 saturated heterocycles. The number of amidine groups is 1. The average Bonchev–Trinajstić information content (AvgIpc) is 3.35. The van der Waals surface area contributed by atoms with Gasteiger partial charge in [-0.05, 0) is 53.7 Å². The number of phenolic OH excluding ortho intramolecular Hbond substituents is 1. The maximum atomic E-state index is 13.0. The number of hydrogen-bond donors (Lipinski definition) is 1. The summed E-state index contributed by atoms with van der Waals surface area (Å²) in [5.41, 5.74) is 1.45. The van der Waals surface area contributed by atoms with Crippen LogP contribution in [0.2, 0.25) is 0 Å². The Kier molecular flexibility index (Phi) is 6.15. The summed E-state index contributed by atoms with van der Waals surface area (Å²) < 4.78 is 6.37. The fourth-order valence-corrected chi connectivity index (χ4v) is 3.92. The van der Waals surface area contributed by atoms with Gasteiger partial charge in [0.1, 0.15) is 11.5 Å². The molecule has 8 heteroatoms. The van der Waals surface area contributed by atoms with E-state index in [0.717, 1.165) is 10.0 Å². The molecule has 0 radical (unpaired) electrons. The highest BCUT2D eigenvalue weighted by Crippen LogP contribution is 2.35. The van der Waals surface area contributed by atoms with Crippen molar-refractivity contribution in [2.45, 2.75) is 6.54 Å². The lowest BCUT2D eigenvalue weighted by atomic mass is 10.2. The Balaban J connectivity index is 1.63. The molecule has 1 amide bonds. The number of para-hydroxylation sites is 1. The third-order valence-electron chi connectivity index (χ3n) is 4.23. The summed E-state index contributed by atoms with van der Waals surface area (Å²) in [6.07, 6.45) is 4.84. The van der Waals surface area contributed by atoms with Gasteiger partial charge in [0.15, 0.2) is 5.17 Å². The van der Waals surface area contributed by atoms with Crippen LogP contribution in [0.15, 0.2) is 90.9 Å². The van der Waals surface area contributed by atoms with Crippen LogP contribution in [0.1, 0.15) is 16.9 Å². The molecule has 2 aromatic carbocycles. The Morgan fingerprint density at radius 3 is 2.63 bits per heavy atom. The minimum atomic E-state index is -0.225. The first kappa shape index (κ1) is 20.2. The van der Waals surface area contributed by atoms with Gasteiger partial charge in [0.2, 0.25) is 0 Å². The number of nitrogens with zero attached hydrogens (tertiary/aromatic N) is 3. The van der Waals surface area contributed by atoms with Crippen LogP contribution in [0, 0.1) is 0 Å². The predicted molar refractivity (Wildman–Crippen MR) is 122 cm³/mol. The number of phenols is 1. The van der Waals surface area contributed by atoms with Gasteiger partial charge in [-0.25, -0.2) is 0 Å². The average molecular weight is 482 g/mol. The Morgan fingerprint density at radius 1 is 1.10 bits per heavy atom. The summed E-state index contributed by atoms with van der Waals surface area (Å²) in [6, 6.07) is 18.1. The number of carbonyl (C=O) groups is 1. The van der Waals surface area contributed by atoms with Gasteiger partial charge in [0, 0.05) is 10.0 Å². The maximum absolute atomic E-state index is 13.0. The highest BCUT2D eigenvalue weighted by atomic mass is 79.9. The van der Waals surface area contributed by atoms with Crippen molar-refractivity contribution in [3.63, 3.8) is 0 Å². The standard InChI is InChI=1S/C22H16BrN3O3S/c23-17-9-7-15(8-10-17)13-24-25-22-26(14-18-5-3-11-29-18)21(28)20(30-22)12-16-4-1-2-6-19(16)27/h1-13,27H,14H2/b20-12-,24-13-,25-22+. The van der Waals surface area contributed by atoms with Crippen LogP contribution in [0.25, 0.3) is 6.08 Å². The number of amides is 1. The van der Waals surface area contributed by atoms with Crippen molar-refractivity contribution < 1.29 is 14.3 Å². The third-order valence-corrected chi connectivity index (χ3v) is 5.75. The minimum absolute atomic E-state index is 0.106. The molecule has 1 aliphatic heterocycles. The molecule has 1 aromatic heterocycles. The number of aromatic hydroxyl groups is 1. The molecule has 2 heterocycles. The molecule has 30 heavy (non-hydrogen) atoms. The molecule has 0 aliphatic carbocycles. The number of benzene rings is 2. The first-order valence-corrected chi connectivity index (χ1v) is 10.6. The van der Waals surface area contributed by atoms with Crippen molar-refractivity contribution in [2.75, 3.05) is 0 Å². The van der Waals surface area contributed by atoms with E-state index in [2.05, 4.69) is 26.1 Å². The van der Waals surface area contributed by atoms with E-state index in [9.17, 15) is 9.90 Å². The lowest BCUT2D eigenvalue weighted by Crippen LogP contribution is -2.28.